The van der Waals surface area contributed by atoms with Gasteiger partial charge in [-0.2, -0.15) is 0 Å². The Morgan fingerprint density at radius 2 is 1.81 bits per heavy atom. The van der Waals surface area contributed by atoms with Crippen molar-refractivity contribution in [2.75, 3.05) is 10.6 Å². The van der Waals surface area contributed by atoms with Gasteiger partial charge in [0.05, 0.1) is 16.3 Å². The van der Waals surface area contributed by atoms with E-state index in [4.69, 9.17) is 11.6 Å². The average Bonchev–Trinajstić information content (AvgIpc) is 2.43. The summed E-state index contributed by atoms with van der Waals surface area (Å²) >= 11 is 5.66. The normalized spacial score (nSPS) is 10.0. The number of para-hydroxylation sites is 1. The summed E-state index contributed by atoms with van der Waals surface area (Å²) in [6.45, 7) is 1.36. The van der Waals surface area contributed by atoms with E-state index in [0.29, 0.717) is 16.9 Å². The molecule has 0 radical (unpaired) electrons. The van der Waals surface area contributed by atoms with Crippen LogP contribution >= 0.6 is 11.6 Å². The molecule has 0 atom stereocenters. The van der Waals surface area contributed by atoms with Crippen molar-refractivity contribution in [1.29, 1.82) is 0 Å². The van der Waals surface area contributed by atoms with E-state index in [1.165, 1.54) is 19.1 Å². The number of amides is 2. The molecule has 0 aliphatic carbocycles. The molecule has 0 saturated heterocycles. The molecule has 2 N–H and O–H groups in total. The molecule has 2 aromatic rings. The number of carbonyl (C=O) groups excluding carboxylic acids is 2. The summed E-state index contributed by atoms with van der Waals surface area (Å²) in [7, 11) is 0. The van der Waals surface area contributed by atoms with E-state index < -0.39 is 11.7 Å². The number of hydrogen-bond donors (Lipinski definition) is 2. The van der Waals surface area contributed by atoms with Crippen LogP contribution in [0.1, 0.15) is 17.3 Å². The first kappa shape index (κ1) is 15.0. The summed E-state index contributed by atoms with van der Waals surface area (Å²) in [5.41, 5.74) is 1.06. The molecule has 0 aliphatic rings. The standard InChI is InChI=1S/C15H12ClFN2O2/c1-9(20)18-14-5-3-2-4-11(14)15(21)19-10-6-7-13(17)12(16)8-10/h2-8H,1H3,(H,18,20)(H,19,21). The van der Waals surface area contributed by atoms with E-state index in [0.717, 1.165) is 6.07 Å². The Morgan fingerprint density at radius 1 is 1.10 bits per heavy atom. The summed E-state index contributed by atoms with van der Waals surface area (Å²) in [5.74, 6) is -1.27. The first-order valence-corrected chi connectivity index (χ1v) is 6.48. The zero-order chi connectivity index (χ0) is 15.4. The lowest BCUT2D eigenvalue weighted by Gasteiger charge is -2.10. The molecular formula is C15H12ClFN2O2. The number of halogens is 2. The lowest BCUT2D eigenvalue weighted by Crippen LogP contribution is -2.16. The predicted molar refractivity (Wildman–Crippen MR) is 80.1 cm³/mol. The topological polar surface area (TPSA) is 58.2 Å². The molecule has 0 fully saturated rings. The van der Waals surface area contributed by atoms with E-state index in [9.17, 15) is 14.0 Å². The average molecular weight is 307 g/mol. The highest BCUT2D eigenvalue weighted by Gasteiger charge is 2.12. The minimum atomic E-state index is -0.562. The van der Waals surface area contributed by atoms with Crippen molar-refractivity contribution in [3.05, 3.63) is 58.9 Å². The van der Waals surface area contributed by atoms with Gasteiger partial charge in [-0.25, -0.2) is 4.39 Å². The van der Waals surface area contributed by atoms with Gasteiger partial charge in [-0.3, -0.25) is 9.59 Å². The Labute approximate surface area is 125 Å². The monoisotopic (exact) mass is 306 g/mol. The quantitative estimate of drug-likeness (QED) is 0.908. The number of carbonyl (C=O) groups is 2. The van der Waals surface area contributed by atoms with Crippen molar-refractivity contribution in [3.8, 4) is 0 Å². The number of nitrogens with one attached hydrogen (secondary N) is 2. The molecule has 0 spiro atoms. The molecule has 2 aromatic carbocycles. The summed E-state index contributed by atoms with van der Waals surface area (Å²) in [5, 5.41) is 5.09. The van der Waals surface area contributed by atoms with Crippen molar-refractivity contribution < 1.29 is 14.0 Å². The fourth-order valence-electron chi connectivity index (χ4n) is 1.75. The van der Waals surface area contributed by atoms with Crippen molar-refractivity contribution in [2.45, 2.75) is 6.92 Å². The van der Waals surface area contributed by atoms with Gasteiger partial charge in [0, 0.05) is 12.6 Å². The van der Waals surface area contributed by atoms with Gasteiger partial charge in [-0.1, -0.05) is 23.7 Å². The molecule has 0 aromatic heterocycles. The van der Waals surface area contributed by atoms with Gasteiger partial charge in [-0.15, -0.1) is 0 Å². The molecule has 4 nitrogen and oxygen atoms in total. The summed E-state index contributed by atoms with van der Waals surface area (Å²) in [6.07, 6.45) is 0. The van der Waals surface area contributed by atoms with Gasteiger partial charge >= 0.3 is 0 Å². The highest BCUT2D eigenvalue weighted by Crippen LogP contribution is 2.21. The van der Waals surface area contributed by atoms with Crippen molar-refractivity contribution in [3.63, 3.8) is 0 Å². The number of rotatable bonds is 3. The first-order chi connectivity index (χ1) is 9.97. The van der Waals surface area contributed by atoms with E-state index in [2.05, 4.69) is 10.6 Å². The SMILES string of the molecule is CC(=O)Nc1ccccc1C(=O)Nc1ccc(F)c(Cl)c1. The Bertz CT molecular complexity index is 704. The minimum Gasteiger partial charge on any atom is -0.326 e. The van der Waals surface area contributed by atoms with E-state index in [1.807, 2.05) is 0 Å². The minimum absolute atomic E-state index is 0.0806. The molecular weight excluding hydrogens is 295 g/mol. The van der Waals surface area contributed by atoms with Crippen LogP contribution < -0.4 is 10.6 Å². The number of hydrogen-bond acceptors (Lipinski definition) is 2. The smallest absolute Gasteiger partial charge is 0.257 e. The second-order valence-electron chi connectivity index (χ2n) is 4.31. The third kappa shape index (κ3) is 3.79. The van der Waals surface area contributed by atoms with Gasteiger partial charge in [0.15, 0.2) is 0 Å². The van der Waals surface area contributed by atoms with Crippen LogP contribution in [0, 0.1) is 5.82 Å². The summed E-state index contributed by atoms with van der Waals surface area (Å²) in [6, 6.07) is 10.5. The van der Waals surface area contributed by atoms with Crippen LogP contribution in [0.4, 0.5) is 15.8 Å². The highest BCUT2D eigenvalue weighted by molar-refractivity contribution is 6.31. The van der Waals surface area contributed by atoms with Crippen LogP contribution in [0.15, 0.2) is 42.5 Å². The molecule has 0 saturated carbocycles. The first-order valence-electron chi connectivity index (χ1n) is 6.10. The highest BCUT2D eigenvalue weighted by atomic mass is 35.5. The van der Waals surface area contributed by atoms with Crippen molar-refractivity contribution in [1.82, 2.24) is 0 Å². The summed E-state index contributed by atoms with van der Waals surface area (Å²) < 4.78 is 13.1. The lowest BCUT2D eigenvalue weighted by molar-refractivity contribution is -0.114. The fourth-order valence-corrected chi connectivity index (χ4v) is 1.93. The van der Waals surface area contributed by atoms with Gasteiger partial charge in [-0.05, 0) is 30.3 Å². The molecule has 2 amide bonds. The molecule has 6 heteroatoms. The fraction of sp³-hybridized carbons (Fsp3) is 0.0667. The Kier molecular flexibility index (Phi) is 4.55. The predicted octanol–water partition coefficient (Wildman–Crippen LogP) is 3.69. The van der Waals surface area contributed by atoms with Crippen molar-refractivity contribution >= 4 is 34.8 Å². The van der Waals surface area contributed by atoms with Crippen LogP contribution in [-0.2, 0) is 4.79 Å². The molecule has 0 bridgehead atoms. The van der Waals surface area contributed by atoms with Crippen LogP contribution in [0.2, 0.25) is 5.02 Å². The van der Waals surface area contributed by atoms with Gasteiger partial charge in [0.25, 0.3) is 5.91 Å². The number of benzene rings is 2. The van der Waals surface area contributed by atoms with Crippen LogP contribution in [0.5, 0.6) is 0 Å². The van der Waals surface area contributed by atoms with Gasteiger partial charge < -0.3 is 10.6 Å². The maximum Gasteiger partial charge on any atom is 0.257 e. The van der Waals surface area contributed by atoms with E-state index in [-0.39, 0.29) is 10.9 Å². The summed E-state index contributed by atoms with van der Waals surface area (Å²) in [4.78, 5) is 23.3. The zero-order valence-corrected chi connectivity index (χ0v) is 11.9. The second-order valence-corrected chi connectivity index (χ2v) is 4.72. The van der Waals surface area contributed by atoms with Crippen LogP contribution in [-0.4, -0.2) is 11.8 Å². The van der Waals surface area contributed by atoms with Crippen molar-refractivity contribution in [2.24, 2.45) is 0 Å². The largest absolute Gasteiger partial charge is 0.326 e. The molecule has 0 heterocycles. The molecule has 2 rings (SSSR count). The second kappa shape index (κ2) is 6.37. The maximum absolute atomic E-state index is 13.1. The third-order valence-electron chi connectivity index (χ3n) is 2.66. The van der Waals surface area contributed by atoms with Crippen LogP contribution in [0.3, 0.4) is 0 Å². The number of anilines is 2. The zero-order valence-electron chi connectivity index (χ0n) is 11.1. The van der Waals surface area contributed by atoms with E-state index >= 15 is 0 Å². The third-order valence-corrected chi connectivity index (χ3v) is 2.95. The Morgan fingerprint density at radius 3 is 2.48 bits per heavy atom. The molecule has 0 unspecified atom stereocenters. The molecule has 108 valence electrons. The van der Waals surface area contributed by atoms with E-state index in [1.54, 1.807) is 24.3 Å². The molecule has 0 aliphatic heterocycles. The van der Waals surface area contributed by atoms with Crippen LogP contribution in [0.25, 0.3) is 0 Å². The lowest BCUT2D eigenvalue weighted by atomic mass is 10.1. The Hall–Kier alpha value is -2.40. The molecule has 21 heavy (non-hydrogen) atoms. The Balaban J connectivity index is 2.24. The maximum atomic E-state index is 13.1. The van der Waals surface area contributed by atoms with Gasteiger partial charge in [0.2, 0.25) is 5.91 Å². The van der Waals surface area contributed by atoms with Gasteiger partial charge in [0.1, 0.15) is 5.82 Å².